The van der Waals surface area contributed by atoms with Gasteiger partial charge in [0.05, 0.1) is 11.7 Å². The van der Waals surface area contributed by atoms with Crippen molar-refractivity contribution in [2.24, 2.45) is 5.41 Å². The first-order valence-corrected chi connectivity index (χ1v) is 8.55. The van der Waals surface area contributed by atoms with Crippen molar-refractivity contribution in [1.29, 1.82) is 0 Å². The molecule has 8 heteroatoms. The zero-order valence-corrected chi connectivity index (χ0v) is 14.3. The van der Waals surface area contributed by atoms with Gasteiger partial charge in [-0.3, -0.25) is 9.69 Å². The van der Waals surface area contributed by atoms with E-state index in [0.717, 1.165) is 44.7 Å². The highest BCUT2D eigenvalue weighted by Crippen LogP contribution is 2.45. The van der Waals surface area contributed by atoms with Crippen LogP contribution in [0.1, 0.15) is 43.2 Å². The third kappa shape index (κ3) is 4.94. The van der Waals surface area contributed by atoms with E-state index in [2.05, 4.69) is 0 Å². The molecule has 2 atom stereocenters. The SMILES string of the molecule is O=CO.O[C@@H]1CCC[C@@]12CCCN(Cc1cc(F)cc(C(F)(F)F)c1)C2. The molecule has 0 unspecified atom stereocenters. The summed E-state index contributed by atoms with van der Waals surface area (Å²) in [4.78, 5) is 10.4. The van der Waals surface area contributed by atoms with Gasteiger partial charge in [0.25, 0.3) is 6.47 Å². The van der Waals surface area contributed by atoms with Crippen LogP contribution in [-0.4, -0.2) is 40.8 Å². The number of nitrogens with zero attached hydrogens (tertiary/aromatic N) is 1. The topological polar surface area (TPSA) is 60.8 Å². The van der Waals surface area contributed by atoms with E-state index < -0.39 is 17.6 Å². The molecule has 0 bridgehead atoms. The first kappa shape index (κ1) is 20.6. The molecule has 1 saturated heterocycles. The van der Waals surface area contributed by atoms with Gasteiger partial charge in [0.15, 0.2) is 0 Å². The number of likely N-dealkylation sites (tertiary alicyclic amines) is 1. The fourth-order valence-corrected chi connectivity index (χ4v) is 4.15. The minimum atomic E-state index is -4.54. The van der Waals surface area contributed by atoms with Crippen LogP contribution < -0.4 is 0 Å². The number of carboxylic acid groups (broad SMARTS) is 1. The summed E-state index contributed by atoms with van der Waals surface area (Å²) >= 11 is 0. The highest BCUT2D eigenvalue weighted by Gasteiger charge is 2.44. The molecule has 0 radical (unpaired) electrons. The summed E-state index contributed by atoms with van der Waals surface area (Å²) in [6.07, 6.45) is -0.244. The number of piperidine rings is 1. The van der Waals surface area contributed by atoms with Gasteiger partial charge in [-0.05, 0) is 56.0 Å². The molecule has 0 amide bonds. The first-order chi connectivity index (χ1) is 12.2. The molecule has 1 spiro atoms. The maximum atomic E-state index is 13.5. The number of rotatable bonds is 2. The number of alkyl halides is 3. The monoisotopic (exact) mass is 377 g/mol. The Morgan fingerprint density at radius 1 is 1.23 bits per heavy atom. The average Bonchev–Trinajstić information content (AvgIpc) is 2.87. The number of halogens is 4. The van der Waals surface area contributed by atoms with E-state index in [1.54, 1.807) is 0 Å². The fraction of sp³-hybridized carbons (Fsp3) is 0.611. The second-order valence-corrected chi connectivity index (χ2v) is 7.04. The summed E-state index contributed by atoms with van der Waals surface area (Å²) in [5.41, 5.74) is -0.736. The molecular formula is C18H23F4NO3. The second-order valence-electron chi connectivity index (χ2n) is 7.04. The predicted octanol–water partition coefficient (Wildman–Crippen LogP) is 3.67. The largest absolute Gasteiger partial charge is 0.483 e. The van der Waals surface area contributed by atoms with Gasteiger partial charge < -0.3 is 10.2 Å². The lowest BCUT2D eigenvalue weighted by atomic mass is 9.76. The molecule has 1 aromatic rings. The van der Waals surface area contributed by atoms with Crippen molar-refractivity contribution in [3.8, 4) is 0 Å². The lowest BCUT2D eigenvalue weighted by Crippen LogP contribution is -2.46. The zero-order valence-electron chi connectivity index (χ0n) is 14.3. The molecule has 0 aromatic heterocycles. The Kier molecular flexibility index (Phi) is 6.63. The lowest BCUT2D eigenvalue weighted by molar-refractivity contribution is -0.137. The Hall–Kier alpha value is -1.67. The van der Waals surface area contributed by atoms with Gasteiger partial charge in [0, 0.05) is 18.5 Å². The fourth-order valence-electron chi connectivity index (χ4n) is 4.15. The molecule has 1 aliphatic carbocycles. The van der Waals surface area contributed by atoms with Gasteiger partial charge in [-0.15, -0.1) is 0 Å². The Balaban J connectivity index is 0.000000758. The molecule has 1 heterocycles. The van der Waals surface area contributed by atoms with Crippen LogP contribution in [0, 0.1) is 11.2 Å². The molecule has 1 saturated carbocycles. The number of aliphatic hydroxyl groups excluding tert-OH is 1. The van der Waals surface area contributed by atoms with Gasteiger partial charge in [-0.2, -0.15) is 13.2 Å². The Morgan fingerprint density at radius 2 is 1.88 bits per heavy atom. The van der Waals surface area contributed by atoms with Gasteiger partial charge in [-0.1, -0.05) is 6.42 Å². The van der Waals surface area contributed by atoms with Crippen molar-refractivity contribution < 1.29 is 32.6 Å². The van der Waals surface area contributed by atoms with Crippen molar-refractivity contribution in [2.45, 2.75) is 50.9 Å². The van der Waals surface area contributed by atoms with Crippen LogP contribution in [-0.2, 0) is 17.5 Å². The number of hydrogen-bond donors (Lipinski definition) is 2. The van der Waals surface area contributed by atoms with E-state index in [0.29, 0.717) is 18.2 Å². The van der Waals surface area contributed by atoms with Crippen molar-refractivity contribution in [3.63, 3.8) is 0 Å². The van der Waals surface area contributed by atoms with Gasteiger partial charge in [0.1, 0.15) is 5.82 Å². The van der Waals surface area contributed by atoms with E-state index in [9.17, 15) is 22.7 Å². The van der Waals surface area contributed by atoms with Crippen molar-refractivity contribution in [3.05, 3.63) is 35.1 Å². The number of benzene rings is 1. The predicted molar refractivity (Wildman–Crippen MR) is 86.9 cm³/mol. The smallest absolute Gasteiger partial charge is 0.416 e. The maximum Gasteiger partial charge on any atom is 0.416 e. The van der Waals surface area contributed by atoms with Gasteiger partial charge >= 0.3 is 6.18 Å². The summed E-state index contributed by atoms with van der Waals surface area (Å²) in [6, 6.07) is 2.72. The van der Waals surface area contributed by atoms with Crippen LogP contribution in [0.25, 0.3) is 0 Å². The molecule has 146 valence electrons. The van der Waals surface area contributed by atoms with Crippen molar-refractivity contribution in [2.75, 3.05) is 13.1 Å². The van der Waals surface area contributed by atoms with E-state index >= 15 is 0 Å². The third-order valence-electron chi connectivity index (χ3n) is 5.24. The van der Waals surface area contributed by atoms with E-state index in [4.69, 9.17) is 9.90 Å². The number of hydrogen-bond acceptors (Lipinski definition) is 3. The van der Waals surface area contributed by atoms with E-state index in [-0.39, 0.29) is 24.5 Å². The van der Waals surface area contributed by atoms with E-state index in [1.165, 1.54) is 6.07 Å². The molecule has 3 rings (SSSR count). The van der Waals surface area contributed by atoms with E-state index in [1.807, 2.05) is 4.90 Å². The lowest BCUT2D eigenvalue weighted by Gasteiger charge is -2.42. The molecular weight excluding hydrogens is 354 g/mol. The minimum Gasteiger partial charge on any atom is -0.483 e. The van der Waals surface area contributed by atoms with Crippen molar-refractivity contribution >= 4 is 6.47 Å². The molecule has 4 nitrogen and oxygen atoms in total. The summed E-state index contributed by atoms with van der Waals surface area (Å²) in [5.74, 6) is -0.859. The van der Waals surface area contributed by atoms with Gasteiger partial charge in [0.2, 0.25) is 0 Å². The normalized spacial score (nSPS) is 26.4. The van der Waals surface area contributed by atoms with Crippen molar-refractivity contribution in [1.82, 2.24) is 4.90 Å². The summed E-state index contributed by atoms with van der Waals surface area (Å²) in [6.45, 7) is 1.48. The molecule has 2 fully saturated rings. The molecule has 1 aliphatic heterocycles. The minimum absolute atomic E-state index is 0.127. The van der Waals surface area contributed by atoms with Crippen LogP contribution in [0.3, 0.4) is 0 Å². The first-order valence-electron chi connectivity index (χ1n) is 8.55. The zero-order chi connectivity index (χ0) is 19.4. The third-order valence-corrected chi connectivity index (χ3v) is 5.24. The Bertz CT molecular complexity index is 623. The summed E-state index contributed by atoms with van der Waals surface area (Å²) < 4.78 is 51.9. The molecule has 2 aliphatic rings. The van der Waals surface area contributed by atoms with Gasteiger partial charge in [-0.25, -0.2) is 4.39 Å². The number of carbonyl (C=O) groups is 1. The summed E-state index contributed by atoms with van der Waals surface area (Å²) in [5, 5.41) is 17.1. The Labute approximate surface area is 149 Å². The highest BCUT2D eigenvalue weighted by molar-refractivity contribution is 5.32. The quantitative estimate of drug-likeness (QED) is 0.610. The van der Waals surface area contributed by atoms with Crippen LogP contribution in [0.15, 0.2) is 18.2 Å². The Morgan fingerprint density at radius 3 is 2.46 bits per heavy atom. The standard InChI is InChI=1S/C17H21F4NO.CH2O2/c18-14-8-12(7-13(9-14)17(19,20)21)10-22-6-2-5-16(11-22)4-1-3-15(16)23;2-1-3/h7-9,15,23H,1-6,10-11H2;1H,(H,2,3)/t15-,16+;/m1./s1. The van der Waals surface area contributed by atoms with Crippen LogP contribution in [0.5, 0.6) is 0 Å². The molecule has 2 N–H and O–H groups in total. The molecule has 26 heavy (non-hydrogen) atoms. The van der Waals surface area contributed by atoms with Crippen LogP contribution >= 0.6 is 0 Å². The maximum absolute atomic E-state index is 13.5. The highest BCUT2D eigenvalue weighted by atomic mass is 19.4. The average molecular weight is 377 g/mol. The molecule has 1 aromatic carbocycles. The second kappa shape index (κ2) is 8.35. The number of aliphatic hydroxyl groups is 1. The van der Waals surface area contributed by atoms with Crippen LogP contribution in [0.2, 0.25) is 0 Å². The summed E-state index contributed by atoms with van der Waals surface area (Å²) in [7, 11) is 0. The van der Waals surface area contributed by atoms with Crippen LogP contribution in [0.4, 0.5) is 17.6 Å².